The Morgan fingerprint density at radius 2 is 1.57 bits per heavy atom. The molecule has 2 unspecified atom stereocenters. The van der Waals surface area contributed by atoms with Gasteiger partial charge in [-0.05, 0) is 54.8 Å². The van der Waals surface area contributed by atoms with Crippen LogP contribution in [0.25, 0.3) is 0 Å². The number of hydrogen-bond acceptors (Lipinski definition) is 5. The first-order valence-corrected chi connectivity index (χ1v) is 11.7. The molecule has 30 heavy (non-hydrogen) atoms. The number of benzene rings is 2. The summed E-state index contributed by atoms with van der Waals surface area (Å²) in [6.07, 6.45) is 1.72. The van der Waals surface area contributed by atoms with Gasteiger partial charge >= 0.3 is 0 Å². The van der Waals surface area contributed by atoms with E-state index < -0.39 is 16.1 Å². The Labute approximate surface area is 179 Å². The molecule has 0 fully saturated rings. The van der Waals surface area contributed by atoms with Crippen LogP contribution in [0.5, 0.6) is 11.5 Å². The van der Waals surface area contributed by atoms with E-state index in [1.807, 2.05) is 38.1 Å². The zero-order chi connectivity index (χ0) is 22.3. The third kappa shape index (κ3) is 6.13. The van der Waals surface area contributed by atoms with Gasteiger partial charge in [-0.2, -0.15) is 0 Å². The minimum Gasteiger partial charge on any atom is -0.497 e. The first-order valence-electron chi connectivity index (χ1n) is 9.84. The van der Waals surface area contributed by atoms with Crippen molar-refractivity contribution in [2.24, 2.45) is 0 Å². The van der Waals surface area contributed by atoms with E-state index in [9.17, 15) is 13.2 Å². The molecule has 7 nitrogen and oxygen atoms in total. The molecule has 0 aliphatic heterocycles. The number of carbonyl (C=O) groups excluding carboxylic acids is 1. The van der Waals surface area contributed by atoms with Crippen molar-refractivity contribution in [3.8, 4) is 11.5 Å². The second kappa shape index (κ2) is 10.3. The lowest BCUT2D eigenvalue weighted by Gasteiger charge is -2.23. The molecule has 0 aliphatic rings. The van der Waals surface area contributed by atoms with Crippen molar-refractivity contribution in [3.05, 3.63) is 54.1 Å². The highest BCUT2D eigenvalue weighted by molar-refractivity contribution is 7.92. The second-order valence-electron chi connectivity index (χ2n) is 6.98. The fraction of sp³-hybridized carbons (Fsp3) is 0.409. The lowest BCUT2D eigenvalue weighted by molar-refractivity contribution is -0.128. The van der Waals surface area contributed by atoms with E-state index in [0.29, 0.717) is 17.9 Å². The van der Waals surface area contributed by atoms with Crippen LogP contribution < -0.4 is 19.1 Å². The molecule has 2 aromatic carbocycles. The summed E-state index contributed by atoms with van der Waals surface area (Å²) in [4.78, 5) is 12.8. The van der Waals surface area contributed by atoms with Gasteiger partial charge in [0.1, 0.15) is 11.5 Å². The maximum absolute atomic E-state index is 12.8. The molecule has 1 amide bonds. The quantitative estimate of drug-likeness (QED) is 0.618. The van der Waals surface area contributed by atoms with Crippen molar-refractivity contribution in [3.63, 3.8) is 0 Å². The topological polar surface area (TPSA) is 84.9 Å². The maximum atomic E-state index is 12.8. The molecule has 2 rings (SSSR count). The molecule has 2 aromatic rings. The Kier molecular flexibility index (Phi) is 8.11. The Morgan fingerprint density at radius 3 is 2.03 bits per heavy atom. The van der Waals surface area contributed by atoms with Crippen molar-refractivity contribution in [2.45, 2.75) is 38.8 Å². The summed E-state index contributed by atoms with van der Waals surface area (Å²) >= 11 is 0. The highest BCUT2D eigenvalue weighted by atomic mass is 32.2. The van der Waals surface area contributed by atoms with E-state index in [2.05, 4.69) is 5.32 Å². The molecule has 164 valence electrons. The number of nitrogens with zero attached hydrogens (tertiary/aromatic N) is 1. The van der Waals surface area contributed by atoms with Crippen molar-refractivity contribution >= 4 is 21.6 Å². The minimum atomic E-state index is -3.34. The van der Waals surface area contributed by atoms with Gasteiger partial charge in [0.15, 0.2) is 6.10 Å². The number of amides is 1. The number of rotatable bonds is 10. The SMILES string of the molecule is CCC(Oc1ccc(N(C)S(C)(=O)=O)cc1)C(=O)NC(CC)c1ccc(OC)cc1. The summed E-state index contributed by atoms with van der Waals surface area (Å²) in [6.45, 7) is 3.89. The lowest BCUT2D eigenvalue weighted by Crippen LogP contribution is -2.39. The summed E-state index contributed by atoms with van der Waals surface area (Å²) in [5, 5.41) is 3.05. The molecule has 0 saturated carbocycles. The molecule has 0 bridgehead atoms. The Morgan fingerprint density at radius 1 is 1.00 bits per heavy atom. The first kappa shape index (κ1) is 23.5. The predicted molar refractivity (Wildman–Crippen MR) is 119 cm³/mol. The van der Waals surface area contributed by atoms with E-state index >= 15 is 0 Å². The smallest absolute Gasteiger partial charge is 0.261 e. The van der Waals surface area contributed by atoms with Gasteiger partial charge in [0.2, 0.25) is 10.0 Å². The van der Waals surface area contributed by atoms with Crippen LogP contribution in [0.3, 0.4) is 0 Å². The molecule has 0 saturated heterocycles. The minimum absolute atomic E-state index is 0.133. The summed E-state index contributed by atoms with van der Waals surface area (Å²) in [6, 6.07) is 14.1. The fourth-order valence-corrected chi connectivity index (χ4v) is 3.44. The average Bonchev–Trinajstić information content (AvgIpc) is 2.75. The van der Waals surface area contributed by atoms with Crippen LogP contribution in [-0.4, -0.2) is 40.8 Å². The lowest BCUT2D eigenvalue weighted by atomic mass is 10.0. The highest BCUT2D eigenvalue weighted by Crippen LogP contribution is 2.23. The van der Waals surface area contributed by atoms with Gasteiger partial charge in [-0.1, -0.05) is 26.0 Å². The molecular formula is C22H30N2O5S. The summed E-state index contributed by atoms with van der Waals surface area (Å²) in [7, 11) is -0.239. The van der Waals surface area contributed by atoms with Crippen molar-refractivity contribution in [2.75, 3.05) is 24.7 Å². The number of hydrogen-bond donors (Lipinski definition) is 1. The number of carbonyl (C=O) groups is 1. The van der Waals surface area contributed by atoms with Crippen LogP contribution in [0.4, 0.5) is 5.69 Å². The molecule has 0 aromatic heterocycles. The van der Waals surface area contributed by atoms with Gasteiger partial charge in [-0.25, -0.2) is 8.42 Å². The summed E-state index contributed by atoms with van der Waals surface area (Å²) in [5.41, 5.74) is 1.52. The molecule has 1 N–H and O–H groups in total. The van der Waals surface area contributed by atoms with E-state index in [1.165, 1.54) is 11.4 Å². The fourth-order valence-electron chi connectivity index (χ4n) is 2.93. The third-order valence-electron chi connectivity index (χ3n) is 4.88. The molecule has 0 heterocycles. The Bertz CT molecular complexity index is 927. The van der Waals surface area contributed by atoms with E-state index in [-0.39, 0.29) is 11.9 Å². The van der Waals surface area contributed by atoms with Gasteiger partial charge < -0.3 is 14.8 Å². The van der Waals surface area contributed by atoms with Gasteiger partial charge in [-0.3, -0.25) is 9.10 Å². The monoisotopic (exact) mass is 434 g/mol. The van der Waals surface area contributed by atoms with Gasteiger partial charge in [-0.15, -0.1) is 0 Å². The first-order chi connectivity index (χ1) is 14.2. The van der Waals surface area contributed by atoms with Crippen molar-refractivity contribution in [1.82, 2.24) is 5.32 Å². The number of sulfonamides is 1. The van der Waals surface area contributed by atoms with E-state index in [1.54, 1.807) is 31.4 Å². The maximum Gasteiger partial charge on any atom is 0.261 e. The van der Waals surface area contributed by atoms with Crippen LogP contribution >= 0.6 is 0 Å². The van der Waals surface area contributed by atoms with E-state index in [0.717, 1.165) is 24.0 Å². The number of anilines is 1. The number of methoxy groups -OCH3 is 1. The average molecular weight is 435 g/mol. The van der Waals surface area contributed by atoms with Gasteiger partial charge in [0, 0.05) is 7.05 Å². The summed E-state index contributed by atoms with van der Waals surface area (Å²) < 4.78 is 35.5. The number of nitrogens with one attached hydrogen (secondary N) is 1. The van der Waals surface area contributed by atoms with Crippen molar-refractivity contribution in [1.29, 1.82) is 0 Å². The molecule has 0 aliphatic carbocycles. The summed E-state index contributed by atoms with van der Waals surface area (Å²) in [5.74, 6) is 1.07. The second-order valence-corrected chi connectivity index (χ2v) is 9.00. The van der Waals surface area contributed by atoms with Gasteiger partial charge in [0.25, 0.3) is 5.91 Å². The molecule has 0 radical (unpaired) electrons. The number of ether oxygens (including phenoxy) is 2. The van der Waals surface area contributed by atoms with E-state index in [4.69, 9.17) is 9.47 Å². The largest absolute Gasteiger partial charge is 0.497 e. The van der Waals surface area contributed by atoms with Gasteiger partial charge in [0.05, 0.1) is 25.1 Å². The van der Waals surface area contributed by atoms with Crippen LogP contribution in [-0.2, 0) is 14.8 Å². The zero-order valence-corrected chi connectivity index (χ0v) is 18.9. The molecule has 2 atom stereocenters. The molecule has 8 heteroatoms. The van der Waals surface area contributed by atoms with Crippen LogP contribution in [0.2, 0.25) is 0 Å². The normalized spacial score (nSPS) is 13.2. The van der Waals surface area contributed by atoms with Crippen LogP contribution in [0.15, 0.2) is 48.5 Å². The Hall–Kier alpha value is -2.74. The zero-order valence-electron chi connectivity index (χ0n) is 18.1. The predicted octanol–water partition coefficient (Wildman–Crippen LogP) is 3.52. The van der Waals surface area contributed by atoms with Crippen molar-refractivity contribution < 1.29 is 22.7 Å². The highest BCUT2D eigenvalue weighted by Gasteiger charge is 2.22. The van der Waals surface area contributed by atoms with Crippen LogP contribution in [0.1, 0.15) is 38.3 Å². The standard InChI is InChI=1S/C22H30N2O5S/c1-6-20(16-8-12-18(28-4)13-9-16)23-22(25)21(7-2)29-19-14-10-17(11-15-19)24(3)30(5,26)27/h8-15,20-21H,6-7H2,1-5H3,(H,23,25). The van der Waals surface area contributed by atoms with Crippen LogP contribution in [0, 0.1) is 0 Å². The third-order valence-corrected chi connectivity index (χ3v) is 6.09. The molecule has 0 spiro atoms. The Balaban J connectivity index is 2.06. The molecular weight excluding hydrogens is 404 g/mol.